The number of halogens is 1. The summed E-state index contributed by atoms with van der Waals surface area (Å²) in [6, 6.07) is 22.6. The molecule has 0 saturated carbocycles. The van der Waals surface area contributed by atoms with Crippen molar-refractivity contribution in [2.24, 2.45) is 0 Å². The van der Waals surface area contributed by atoms with Crippen LogP contribution in [0.15, 0.2) is 100 Å². The molecular weight excluding hydrogens is 422 g/mol. The molecule has 3 aromatic rings. The predicted molar refractivity (Wildman–Crippen MR) is 114 cm³/mol. The molecule has 0 aromatic heterocycles. The molecule has 1 aliphatic rings. The summed E-state index contributed by atoms with van der Waals surface area (Å²) in [5.74, 6) is -1.48. The van der Waals surface area contributed by atoms with Gasteiger partial charge in [-0.2, -0.15) is 0 Å². The molecule has 3 aromatic carbocycles. The summed E-state index contributed by atoms with van der Waals surface area (Å²) in [7, 11) is -4.12. The molecule has 152 valence electrons. The van der Waals surface area contributed by atoms with Crippen LogP contribution >= 0.6 is 11.6 Å². The van der Waals surface area contributed by atoms with E-state index in [2.05, 4.69) is 0 Å². The van der Waals surface area contributed by atoms with Gasteiger partial charge in [-0.05, 0) is 35.4 Å². The number of carbonyl (C=O) groups excluding carboxylic acids is 1. The molecule has 0 fully saturated rings. The number of benzene rings is 3. The van der Waals surface area contributed by atoms with Gasteiger partial charge in [0, 0.05) is 11.6 Å². The van der Waals surface area contributed by atoms with Gasteiger partial charge in [-0.1, -0.05) is 72.3 Å². The highest BCUT2D eigenvalue weighted by atomic mass is 35.5. The van der Waals surface area contributed by atoms with Crippen molar-refractivity contribution in [3.63, 3.8) is 0 Å². The average molecular weight is 440 g/mol. The van der Waals surface area contributed by atoms with Crippen LogP contribution in [-0.4, -0.2) is 24.3 Å². The lowest BCUT2D eigenvalue weighted by atomic mass is 10.1. The van der Waals surface area contributed by atoms with E-state index in [9.17, 15) is 18.3 Å². The number of hydrogen-bond donors (Lipinski definition) is 1. The molecular formula is C23H18ClNO4S. The van der Waals surface area contributed by atoms with E-state index in [-0.39, 0.29) is 16.3 Å². The second-order valence-electron chi connectivity index (χ2n) is 6.90. The fourth-order valence-electron chi connectivity index (χ4n) is 3.55. The molecule has 1 aliphatic heterocycles. The fourth-order valence-corrected chi connectivity index (χ4v) is 5.34. The maximum absolute atomic E-state index is 13.4. The summed E-state index contributed by atoms with van der Waals surface area (Å²) < 4.78 is 26.8. The van der Waals surface area contributed by atoms with Gasteiger partial charge < -0.3 is 10.0 Å². The van der Waals surface area contributed by atoms with Crippen molar-refractivity contribution in [2.45, 2.75) is 17.5 Å². The Kier molecular flexibility index (Phi) is 5.37. The van der Waals surface area contributed by atoms with Crippen molar-refractivity contribution in [2.75, 3.05) is 0 Å². The molecule has 0 saturated heterocycles. The molecule has 5 nitrogen and oxygen atoms in total. The second-order valence-corrected chi connectivity index (χ2v) is 9.26. The zero-order valence-electron chi connectivity index (χ0n) is 15.8. The summed E-state index contributed by atoms with van der Waals surface area (Å²) in [6.45, 7) is 0.144. The predicted octanol–water partition coefficient (Wildman–Crippen LogP) is 4.67. The normalized spacial score (nSPS) is 16.9. The van der Waals surface area contributed by atoms with Crippen LogP contribution in [-0.2, 0) is 21.2 Å². The minimum Gasteiger partial charge on any atom is -0.502 e. The lowest BCUT2D eigenvalue weighted by Gasteiger charge is -2.27. The van der Waals surface area contributed by atoms with E-state index in [1.165, 1.54) is 17.0 Å². The maximum atomic E-state index is 13.4. The van der Waals surface area contributed by atoms with Crippen molar-refractivity contribution in [1.29, 1.82) is 0 Å². The second kappa shape index (κ2) is 7.97. The van der Waals surface area contributed by atoms with Gasteiger partial charge in [-0.25, -0.2) is 8.42 Å². The first-order valence-corrected chi connectivity index (χ1v) is 11.1. The van der Waals surface area contributed by atoms with Crippen LogP contribution in [0, 0.1) is 0 Å². The largest absolute Gasteiger partial charge is 0.502 e. The van der Waals surface area contributed by atoms with Gasteiger partial charge in [0.05, 0.1) is 10.9 Å². The third-order valence-electron chi connectivity index (χ3n) is 4.98. The smallest absolute Gasteiger partial charge is 0.290 e. The number of rotatable bonds is 5. The Bertz CT molecular complexity index is 1210. The highest BCUT2D eigenvalue weighted by Crippen LogP contribution is 2.43. The third kappa shape index (κ3) is 3.60. The van der Waals surface area contributed by atoms with Gasteiger partial charge >= 0.3 is 0 Å². The van der Waals surface area contributed by atoms with Crippen LogP contribution in [0.2, 0.25) is 5.02 Å². The standard InChI is InChI=1S/C23H18ClNO4S/c24-18-13-11-17(12-14-18)20-22(30(28,29)19-9-5-2-6-10-19)21(26)23(27)25(20)15-16-7-3-1-4-8-16/h1-14,20,26H,15H2/t20-/m0/s1. The lowest BCUT2D eigenvalue weighted by Crippen LogP contribution is -2.30. The highest BCUT2D eigenvalue weighted by Gasteiger charge is 2.46. The molecule has 0 bridgehead atoms. The SMILES string of the molecule is O=C1C(O)=C(S(=O)(=O)c2ccccc2)[C@H](c2ccc(Cl)cc2)N1Cc1ccccc1. The van der Waals surface area contributed by atoms with E-state index in [1.54, 1.807) is 42.5 Å². The van der Waals surface area contributed by atoms with Crippen molar-refractivity contribution in [3.05, 3.63) is 112 Å². The topological polar surface area (TPSA) is 74.7 Å². The van der Waals surface area contributed by atoms with Crippen molar-refractivity contribution >= 4 is 27.3 Å². The van der Waals surface area contributed by atoms with Gasteiger partial charge in [0.2, 0.25) is 9.84 Å². The first kappa shape index (κ1) is 20.2. The number of sulfone groups is 1. The zero-order chi connectivity index (χ0) is 21.3. The molecule has 0 radical (unpaired) electrons. The number of amides is 1. The number of carbonyl (C=O) groups is 1. The molecule has 1 amide bonds. The van der Waals surface area contributed by atoms with Crippen molar-refractivity contribution < 1.29 is 18.3 Å². The minimum absolute atomic E-state index is 0.0138. The highest BCUT2D eigenvalue weighted by molar-refractivity contribution is 7.95. The van der Waals surface area contributed by atoms with E-state index >= 15 is 0 Å². The third-order valence-corrected chi connectivity index (χ3v) is 7.12. The molecule has 30 heavy (non-hydrogen) atoms. The molecule has 0 unspecified atom stereocenters. The molecule has 0 spiro atoms. The molecule has 7 heteroatoms. The Morgan fingerprint density at radius 2 is 1.43 bits per heavy atom. The van der Waals surface area contributed by atoms with Crippen LogP contribution in [0.25, 0.3) is 0 Å². The fraction of sp³-hybridized carbons (Fsp3) is 0.0870. The van der Waals surface area contributed by atoms with Crippen molar-refractivity contribution in [1.82, 2.24) is 4.90 Å². The average Bonchev–Trinajstić information content (AvgIpc) is 3.01. The Balaban J connectivity index is 1.86. The number of aliphatic hydroxyl groups is 1. The number of aliphatic hydroxyl groups excluding tert-OH is 1. The van der Waals surface area contributed by atoms with E-state index in [0.29, 0.717) is 10.6 Å². The molecule has 1 atom stereocenters. The number of nitrogens with zero attached hydrogens (tertiary/aromatic N) is 1. The quantitative estimate of drug-likeness (QED) is 0.627. The van der Waals surface area contributed by atoms with Crippen molar-refractivity contribution in [3.8, 4) is 0 Å². The monoisotopic (exact) mass is 439 g/mol. The Morgan fingerprint density at radius 3 is 2.03 bits per heavy atom. The Morgan fingerprint density at radius 1 is 0.867 bits per heavy atom. The number of hydrogen-bond acceptors (Lipinski definition) is 4. The van der Waals surface area contributed by atoms with E-state index < -0.39 is 27.5 Å². The summed E-state index contributed by atoms with van der Waals surface area (Å²) >= 11 is 6.00. The minimum atomic E-state index is -4.12. The molecule has 1 heterocycles. The first-order valence-electron chi connectivity index (χ1n) is 9.23. The maximum Gasteiger partial charge on any atom is 0.290 e. The summed E-state index contributed by atoms with van der Waals surface area (Å²) in [5, 5.41) is 11.2. The van der Waals surface area contributed by atoms with Gasteiger partial charge in [0.1, 0.15) is 4.91 Å². The van der Waals surface area contributed by atoms with Crippen LogP contribution < -0.4 is 0 Å². The summed E-state index contributed by atoms with van der Waals surface area (Å²) in [5.41, 5.74) is 1.36. The van der Waals surface area contributed by atoms with Crippen LogP contribution in [0.1, 0.15) is 17.2 Å². The summed E-state index contributed by atoms with van der Waals surface area (Å²) in [6.07, 6.45) is 0. The van der Waals surface area contributed by atoms with Gasteiger partial charge in [0.15, 0.2) is 5.76 Å². The van der Waals surface area contributed by atoms with Gasteiger partial charge in [0.25, 0.3) is 5.91 Å². The molecule has 4 rings (SSSR count). The summed E-state index contributed by atoms with van der Waals surface area (Å²) in [4.78, 5) is 14.0. The Hall–Kier alpha value is -3.09. The van der Waals surface area contributed by atoms with E-state index in [4.69, 9.17) is 11.6 Å². The van der Waals surface area contributed by atoms with Gasteiger partial charge in [-0.3, -0.25) is 4.79 Å². The van der Waals surface area contributed by atoms with Crippen LogP contribution in [0.3, 0.4) is 0 Å². The molecule has 1 N–H and O–H groups in total. The first-order chi connectivity index (χ1) is 14.4. The van der Waals surface area contributed by atoms with Crippen LogP contribution in [0.4, 0.5) is 0 Å². The molecule has 0 aliphatic carbocycles. The van der Waals surface area contributed by atoms with Crippen LogP contribution in [0.5, 0.6) is 0 Å². The van der Waals surface area contributed by atoms with E-state index in [0.717, 1.165) is 5.56 Å². The van der Waals surface area contributed by atoms with E-state index in [1.807, 2.05) is 30.3 Å². The van der Waals surface area contributed by atoms with Gasteiger partial charge in [-0.15, -0.1) is 0 Å². The Labute approximate surface area is 179 Å². The zero-order valence-corrected chi connectivity index (χ0v) is 17.3. The lowest BCUT2D eigenvalue weighted by molar-refractivity contribution is -0.130.